The van der Waals surface area contributed by atoms with E-state index in [4.69, 9.17) is 4.74 Å². The summed E-state index contributed by atoms with van der Waals surface area (Å²) in [6.07, 6.45) is 4.86. The summed E-state index contributed by atoms with van der Waals surface area (Å²) in [6.45, 7) is 9.17. The van der Waals surface area contributed by atoms with Crippen LogP contribution in [0.1, 0.15) is 44.9 Å². The van der Waals surface area contributed by atoms with Gasteiger partial charge in [-0.3, -0.25) is 0 Å². The first-order valence-corrected chi connectivity index (χ1v) is 6.95. The first kappa shape index (κ1) is 13.7. The number of aryl methyl sites for hydroxylation is 1. The number of aromatic nitrogens is 2. The predicted octanol–water partition coefficient (Wildman–Crippen LogP) is 3.96. The smallest absolute Gasteiger partial charge is 0.143 e. The van der Waals surface area contributed by atoms with Gasteiger partial charge in [-0.25, -0.2) is 4.98 Å². The van der Waals surface area contributed by atoms with E-state index in [0.717, 1.165) is 23.6 Å². The highest BCUT2D eigenvalue weighted by Crippen LogP contribution is 2.28. The van der Waals surface area contributed by atoms with Crippen LogP contribution < -0.4 is 4.74 Å². The second-order valence-electron chi connectivity index (χ2n) is 4.94. The van der Waals surface area contributed by atoms with Crippen LogP contribution in [0.15, 0.2) is 30.7 Å². The summed E-state index contributed by atoms with van der Waals surface area (Å²) in [6, 6.07) is 6.41. The van der Waals surface area contributed by atoms with Crippen molar-refractivity contribution in [2.24, 2.45) is 0 Å². The Morgan fingerprint density at radius 1 is 1.26 bits per heavy atom. The Morgan fingerprint density at radius 2 is 2.05 bits per heavy atom. The second kappa shape index (κ2) is 5.91. The van der Waals surface area contributed by atoms with Crippen molar-refractivity contribution in [2.45, 2.75) is 40.0 Å². The van der Waals surface area contributed by atoms with Crippen LogP contribution in [-0.4, -0.2) is 16.2 Å². The Morgan fingerprint density at radius 3 is 2.63 bits per heavy atom. The van der Waals surface area contributed by atoms with Gasteiger partial charge >= 0.3 is 0 Å². The molecule has 0 aliphatic heterocycles. The molecule has 0 spiro atoms. The molecule has 2 aromatic rings. The van der Waals surface area contributed by atoms with E-state index < -0.39 is 0 Å². The van der Waals surface area contributed by atoms with Gasteiger partial charge in [0, 0.05) is 6.20 Å². The van der Waals surface area contributed by atoms with Crippen molar-refractivity contribution in [3.8, 4) is 11.4 Å². The van der Waals surface area contributed by atoms with Crippen molar-refractivity contribution >= 4 is 0 Å². The normalized spacial score (nSPS) is 11.0. The van der Waals surface area contributed by atoms with E-state index in [1.807, 2.05) is 17.8 Å². The molecule has 0 atom stereocenters. The number of nitrogens with zero attached hydrogens (tertiary/aromatic N) is 2. The molecule has 0 saturated carbocycles. The average Bonchev–Trinajstić information content (AvgIpc) is 2.87. The number of ether oxygens (including phenoxy) is 1. The van der Waals surface area contributed by atoms with Crippen molar-refractivity contribution in [2.75, 3.05) is 6.61 Å². The molecule has 19 heavy (non-hydrogen) atoms. The zero-order valence-electron chi connectivity index (χ0n) is 12.2. The third-order valence-electron chi connectivity index (χ3n) is 3.23. The number of hydrogen-bond acceptors (Lipinski definition) is 2. The minimum atomic E-state index is 0.502. The standard InChI is InChI=1S/C16H22N2O/c1-5-14-10-18(11-17-14)15-8-7-13(12(3)4)9-16(15)19-6-2/h7-12H,5-6H2,1-4H3. The summed E-state index contributed by atoms with van der Waals surface area (Å²) in [5.41, 5.74) is 3.44. The Labute approximate surface area is 115 Å². The molecule has 0 fully saturated rings. The maximum absolute atomic E-state index is 5.78. The Kier molecular flexibility index (Phi) is 4.25. The van der Waals surface area contributed by atoms with Crippen LogP contribution in [0.5, 0.6) is 5.75 Å². The first-order chi connectivity index (χ1) is 9.15. The van der Waals surface area contributed by atoms with E-state index >= 15 is 0 Å². The molecule has 102 valence electrons. The molecule has 0 unspecified atom stereocenters. The van der Waals surface area contributed by atoms with E-state index in [0.29, 0.717) is 12.5 Å². The maximum atomic E-state index is 5.78. The fourth-order valence-electron chi connectivity index (χ4n) is 2.05. The van der Waals surface area contributed by atoms with E-state index in [9.17, 15) is 0 Å². The average molecular weight is 258 g/mol. The van der Waals surface area contributed by atoms with Crippen molar-refractivity contribution in [1.82, 2.24) is 9.55 Å². The van der Waals surface area contributed by atoms with Crippen molar-refractivity contribution in [3.05, 3.63) is 42.0 Å². The Bertz CT molecular complexity index is 543. The number of rotatable bonds is 5. The minimum Gasteiger partial charge on any atom is -0.492 e. The third kappa shape index (κ3) is 2.98. The van der Waals surface area contributed by atoms with Crippen LogP contribution in [0.25, 0.3) is 5.69 Å². The van der Waals surface area contributed by atoms with Crippen molar-refractivity contribution < 1.29 is 4.74 Å². The molecule has 0 bridgehead atoms. The van der Waals surface area contributed by atoms with Gasteiger partial charge in [-0.2, -0.15) is 0 Å². The fourth-order valence-corrected chi connectivity index (χ4v) is 2.05. The van der Waals surface area contributed by atoms with Crippen LogP contribution in [0, 0.1) is 0 Å². The highest BCUT2D eigenvalue weighted by molar-refractivity contribution is 5.49. The zero-order valence-corrected chi connectivity index (χ0v) is 12.2. The molecule has 0 aliphatic rings. The summed E-state index contributed by atoms with van der Waals surface area (Å²) < 4.78 is 7.81. The van der Waals surface area contributed by atoms with Gasteiger partial charge in [-0.05, 0) is 37.0 Å². The lowest BCUT2D eigenvalue weighted by atomic mass is 10.0. The Hall–Kier alpha value is -1.77. The van der Waals surface area contributed by atoms with Gasteiger partial charge < -0.3 is 9.30 Å². The molecule has 1 aromatic carbocycles. The van der Waals surface area contributed by atoms with E-state index in [1.165, 1.54) is 5.56 Å². The Balaban J connectivity index is 2.43. The third-order valence-corrected chi connectivity index (χ3v) is 3.23. The minimum absolute atomic E-state index is 0.502. The molecule has 0 amide bonds. The fraction of sp³-hybridized carbons (Fsp3) is 0.438. The van der Waals surface area contributed by atoms with Crippen LogP contribution in [0.4, 0.5) is 0 Å². The van der Waals surface area contributed by atoms with Gasteiger partial charge in [-0.1, -0.05) is 26.8 Å². The number of hydrogen-bond donors (Lipinski definition) is 0. The van der Waals surface area contributed by atoms with Gasteiger partial charge in [0.1, 0.15) is 5.75 Å². The summed E-state index contributed by atoms with van der Waals surface area (Å²) in [5, 5.41) is 0. The largest absolute Gasteiger partial charge is 0.492 e. The van der Waals surface area contributed by atoms with E-state index in [-0.39, 0.29) is 0 Å². The number of imidazole rings is 1. The number of benzene rings is 1. The first-order valence-electron chi connectivity index (χ1n) is 6.95. The lowest BCUT2D eigenvalue weighted by Gasteiger charge is -2.14. The second-order valence-corrected chi connectivity index (χ2v) is 4.94. The molecular weight excluding hydrogens is 236 g/mol. The van der Waals surface area contributed by atoms with Crippen molar-refractivity contribution in [1.29, 1.82) is 0 Å². The lowest BCUT2D eigenvalue weighted by molar-refractivity contribution is 0.338. The molecule has 3 nitrogen and oxygen atoms in total. The summed E-state index contributed by atoms with van der Waals surface area (Å²) in [7, 11) is 0. The van der Waals surface area contributed by atoms with Gasteiger partial charge in [0.15, 0.2) is 0 Å². The molecule has 0 radical (unpaired) electrons. The van der Waals surface area contributed by atoms with Crippen LogP contribution >= 0.6 is 0 Å². The van der Waals surface area contributed by atoms with Crippen LogP contribution in [0.2, 0.25) is 0 Å². The highest BCUT2D eigenvalue weighted by atomic mass is 16.5. The zero-order chi connectivity index (χ0) is 13.8. The molecule has 0 N–H and O–H groups in total. The molecule has 1 heterocycles. The summed E-state index contributed by atoms with van der Waals surface area (Å²) in [4.78, 5) is 4.38. The molecular formula is C16H22N2O. The van der Waals surface area contributed by atoms with Gasteiger partial charge in [0.25, 0.3) is 0 Å². The SMILES string of the molecule is CCOc1cc(C(C)C)ccc1-n1cnc(CC)c1. The highest BCUT2D eigenvalue weighted by Gasteiger charge is 2.09. The molecule has 3 heteroatoms. The quantitative estimate of drug-likeness (QED) is 0.811. The topological polar surface area (TPSA) is 27.1 Å². The molecule has 2 rings (SSSR count). The molecule has 0 saturated heterocycles. The van der Waals surface area contributed by atoms with Gasteiger partial charge in [-0.15, -0.1) is 0 Å². The maximum Gasteiger partial charge on any atom is 0.143 e. The molecule has 1 aromatic heterocycles. The monoisotopic (exact) mass is 258 g/mol. The van der Waals surface area contributed by atoms with Gasteiger partial charge in [0.2, 0.25) is 0 Å². The lowest BCUT2D eigenvalue weighted by Crippen LogP contribution is -2.00. The van der Waals surface area contributed by atoms with Crippen molar-refractivity contribution in [3.63, 3.8) is 0 Å². The predicted molar refractivity (Wildman–Crippen MR) is 78.2 cm³/mol. The van der Waals surface area contributed by atoms with Gasteiger partial charge in [0.05, 0.1) is 24.3 Å². The molecule has 0 aliphatic carbocycles. The van der Waals surface area contributed by atoms with Crippen LogP contribution in [-0.2, 0) is 6.42 Å². The van der Waals surface area contributed by atoms with Crippen LogP contribution in [0.3, 0.4) is 0 Å². The summed E-state index contributed by atoms with van der Waals surface area (Å²) >= 11 is 0. The van der Waals surface area contributed by atoms with E-state index in [1.54, 1.807) is 0 Å². The van der Waals surface area contributed by atoms with E-state index in [2.05, 4.69) is 50.2 Å². The summed E-state index contributed by atoms with van der Waals surface area (Å²) in [5.74, 6) is 1.43.